The van der Waals surface area contributed by atoms with Crippen LogP contribution in [0, 0.1) is 5.92 Å². The second kappa shape index (κ2) is 9.66. The van der Waals surface area contributed by atoms with Crippen LogP contribution in [-0.4, -0.2) is 43.3 Å². The largest absolute Gasteiger partial charge is 0.444 e. The lowest BCUT2D eigenvalue weighted by Gasteiger charge is -2.33. The monoisotopic (exact) mass is 485 g/mol. The van der Waals surface area contributed by atoms with Crippen molar-refractivity contribution in [1.29, 1.82) is 0 Å². The molecule has 9 heteroatoms. The zero-order chi connectivity index (χ0) is 24.3. The highest BCUT2D eigenvalue weighted by molar-refractivity contribution is 7.92. The molecule has 1 aliphatic heterocycles. The van der Waals surface area contributed by atoms with E-state index >= 15 is 0 Å². The molecule has 1 amide bonds. The molecular weight excluding hydrogens is 454 g/mol. The molecule has 0 unspecified atom stereocenters. The maximum atomic E-state index is 12.6. The van der Waals surface area contributed by atoms with Gasteiger partial charge in [0.2, 0.25) is 0 Å². The van der Waals surface area contributed by atoms with Crippen LogP contribution >= 0.6 is 0 Å². The van der Waals surface area contributed by atoms with Gasteiger partial charge in [0.1, 0.15) is 5.60 Å². The van der Waals surface area contributed by atoms with Gasteiger partial charge in [-0.3, -0.25) is 4.72 Å². The molecule has 0 aliphatic carbocycles. The van der Waals surface area contributed by atoms with Crippen molar-refractivity contribution in [2.24, 2.45) is 5.92 Å². The number of sulfonamides is 1. The van der Waals surface area contributed by atoms with Crippen molar-refractivity contribution in [3.63, 3.8) is 0 Å². The Balaban J connectivity index is 1.33. The highest BCUT2D eigenvalue weighted by Crippen LogP contribution is 2.28. The zero-order valence-electron chi connectivity index (χ0n) is 19.8. The highest BCUT2D eigenvalue weighted by Gasteiger charge is 2.27. The van der Waals surface area contributed by atoms with Crippen molar-refractivity contribution in [3.8, 4) is 0 Å². The third-order valence-electron chi connectivity index (χ3n) is 5.91. The standard InChI is InChI=1S/C25H31N3O5S/c1-25(2,3)32-24(29)28-15-13-18(14-16-28)9-12-22-21-11-10-19(17-23(21)33-26-22)27-34(30,31)20-7-5-4-6-8-20/h4-8,10-11,17-18,27H,9,12-16H2,1-3H3. The van der Waals surface area contributed by atoms with Gasteiger partial charge in [0.15, 0.2) is 5.58 Å². The lowest BCUT2D eigenvalue weighted by Crippen LogP contribution is -2.41. The van der Waals surface area contributed by atoms with Gasteiger partial charge in [-0.05, 0) is 76.6 Å². The number of carbonyl (C=O) groups excluding carboxylic acids is 1. The lowest BCUT2D eigenvalue weighted by atomic mass is 9.91. The summed E-state index contributed by atoms with van der Waals surface area (Å²) in [6.45, 7) is 7.03. The minimum Gasteiger partial charge on any atom is -0.444 e. The van der Waals surface area contributed by atoms with Crippen LogP contribution in [0.5, 0.6) is 0 Å². The first-order valence-electron chi connectivity index (χ1n) is 11.5. The normalized spacial score (nSPS) is 15.4. The number of likely N-dealkylation sites (tertiary alicyclic amines) is 1. The second-order valence-corrected chi connectivity index (χ2v) is 11.4. The molecule has 34 heavy (non-hydrogen) atoms. The van der Waals surface area contributed by atoms with E-state index in [2.05, 4.69) is 9.88 Å². The predicted molar refractivity (Wildman–Crippen MR) is 130 cm³/mol. The Hall–Kier alpha value is -3.07. The Bertz CT molecular complexity index is 1240. The van der Waals surface area contributed by atoms with E-state index in [9.17, 15) is 13.2 Å². The fourth-order valence-electron chi connectivity index (χ4n) is 4.12. The van der Waals surface area contributed by atoms with Crippen molar-refractivity contribution < 1.29 is 22.5 Å². The molecule has 4 rings (SSSR count). The molecule has 0 saturated carbocycles. The van der Waals surface area contributed by atoms with Gasteiger partial charge in [-0.15, -0.1) is 0 Å². The number of anilines is 1. The summed E-state index contributed by atoms with van der Waals surface area (Å²) in [7, 11) is -3.67. The van der Waals surface area contributed by atoms with Crippen molar-refractivity contribution in [2.75, 3.05) is 17.8 Å². The van der Waals surface area contributed by atoms with Gasteiger partial charge in [-0.2, -0.15) is 0 Å². The van der Waals surface area contributed by atoms with Gasteiger partial charge in [-0.25, -0.2) is 13.2 Å². The number of rotatable bonds is 6. The molecule has 3 aromatic rings. The van der Waals surface area contributed by atoms with E-state index < -0.39 is 15.6 Å². The van der Waals surface area contributed by atoms with Crippen LogP contribution in [0.15, 0.2) is 57.9 Å². The first kappa shape index (κ1) is 24.1. The number of carbonyl (C=O) groups is 1. The lowest BCUT2D eigenvalue weighted by molar-refractivity contribution is 0.0181. The molecule has 2 aromatic carbocycles. The van der Waals surface area contributed by atoms with Gasteiger partial charge in [-0.1, -0.05) is 23.4 Å². The second-order valence-electron chi connectivity index (χ2n) is 9.71. The maximum absolute atomic E-state index is 12.6. The zero-order valence-corrected chi connectivity index (χ0v) is 20.6. The summed E-state index contributed by atoms with van der Waals surface area (Å²) in [5.74, 6) is 0.502. The molecule has 1 aromatic heterocycles. The number of benzene rings is 2. The van der Waals surface area contributed by atoms with E-state index in [0.29, 0.717) is 30.3 Å². The van der Waals surface area contributed by atoms with E-state index in [-0.39, 0.29) is 11.0 Å². The predicted octanol–water partition coefficient (Wildman–Crippen LogP) is 5.21. The minimum atomic E-state index is -3.67. The molecule has 2 heterocycles. The summed E-state index contributed by atoms with van der Waals surface area (Å²) in [5, 5.41) is 5.11. The summed E-state index contributed by atoms with van der Waals surface area (Å²) in [6.07, 6.45) is 3.33. The summed E-state index contributed by atoms with van der Waals surface area (Å²) in [4.78, 5) is 14.2. The van der Waals surface area contributed by atoms with Crippen LogP contribution in [0.2, 0.25) is 0 Å². The molecular formula is C25H31N3O5S. The van der Waals surface area contributed by atoms with E-state index in [0.717, 1.165) is 36.8 Å². The fraction of sp³-hybridized carbons (Fsp3) is 0.440. The number of aromatic nitrogens is 1. The van der Waals surface area contributed by atoms with E-state index in [4.69, 9.17) is 9.26 Å². The summed E-state index contributed by atoms with van der Waals surface area (Å²) >= 11 is 0. The average Bonchev–Trinajstić information content (AvgIpc) is 3.19. The number of hydrogen-bond acceptors (Lipinski definition) is 6. The molecule has 0 radical (unpaired) electrons. The SMILES string of the molecule is CC(C)(C)OC(=O)N1CCC(CCc2noc3cc(NS(=O)(=O)c4ccccc4)ccc23)CC1. The Morgan fingerprint density at radius 2 is 1.85 bits per heavy atom. The van der Waals surface area contributed by atoms with E-state index in [1.807, 2.05) is 26.8 Å². The van der Waals surface area contributed by atoms with E-state index in [1.165, 1.54) is 0 Å². The summed E-state index contributed by atoms with van der Waals surface area (Å²) < 4.78 is 38.7. The van der Waals surface area contributed by atoms with Gasteiger partial charge >= 0.3 is 6.09 Å². The Kier molecular flexibility index (Phi) is 6.84. The van der Waals surface area contributed by atoms with Crippen LogP contribution in [0.3, 0.4) is 0 Å². The Morgan fingerprint density at radius 1 is 1.15 bits per heavy atom. The molecule has 1 N–H and O–H groups in total. The van der Waals surface area contributed by atoms with Crippen molar-refractivity contribution in [2.45, 2.75) is 57.0 Å². The number of piperidine rings is 1. The van der Waals surface area contributed by atoms with E-state index in [1.54, 1.807) is 47.4 Å². The molecule has 182 valence electrons. The minimum absolute atomic E-state index is 0.200. The summed E-state index contributed by atoms with van der Waals surface area (Å²) in [5.41, 5.74) is 1.35. The number of nitrogens with one attached hydrogen (secondary N) is 1. The van der Waals surface area contributed by atoms with Gasteiger partial charge in [0.25, 0.3) is 10.0 Å². The van der Waals surface area contributed by atoms with Crippen molar-refractivity contribution >= 4 is 32.8 Å². The maximum Gasteiger partial charge on any atom is 0.410 e. The molecule has 0 atom stereocenters. The van der Waals surface area contributed by atoms with Crippen LogP contribution in [-0.2, 0) is 21.2 Å². The first-order valence-corrected chi connectivity index (χ1v) is 13.0. The quantitative estimate of drug-likeness (QED) is 0.514. The molecule has 0 bridgehead atoms. The number of ether oxygens (including phenoxy) is 1. The smallest absolute Gasteiger partial charge is 0.410 e. The first-order chi connectivity index (χ1) is 16.1. The van der Waals surface area contributed by atoms with Crippen LogP contribution in [0.1, 0.15) is 45.7 Å². The van der Waals surface area contributed by atoms with Crippen LogP contribution in [0.4, 0.5) is 10.5 Å². The molecule has 1 saturated heterocycles. The summed E-state index contributed by atoms with van der Waals surface area (Å²) in [6, 6.07) is 13.5. The molecule has 0 spiro atoms. The number of amides is 1. The molecule has 1 fully saturated rings. The Morgan fingerprint density at radius 3 is 2.53 bits per heavy atom. The van der Waals surface area contributed by atoms with Gasteiger partial charge < -0.3 is 14.2 Å². The third kappa shape index (κ3) is 5.88. The third-order valence-corrected chi connectivity index (χ3v) is 7.31. The number of nitrogens with zero attached hydrogens (tertiary/aromatic N) is 2. The van der Waals surface area contributed by atoms with Crippen LogP contribution in [0.25, 0.3) is 11.0 Å². The topological polar surface area (TPSA) is 102 Å². The highest BCUT2D eigenvalue weighted by atomic mass is 32.2. The van der Waals surface area contributed by atoms with Gasteiger partial charge in [0, 0.05) is 24.5 Å². The number of fused-ring (bicyclic) bond motifs is 1. The van der Waals surface area contributed by atoms with Gasteiger partial charge in [0.05, 0.1) is 16.3 Å². The Labute approximate surface area is 200 Å². The van der Waals surface area contributed by atoms with Crippen LogP contribution < -0.4 is 4.72 Å². The average molecular weight is 486 g/mol. The fourth-order valence-corrected chi connectivity index (χ4v) is 5.19. The van der Waals surface area contributed by atoms with Crippen molar-refractivity contribution in [3.05, 3.63) is 54.2 Å². The number of hydrogen-bond donors (Lipinski definition) is 1. The molecule has 1 aliphatic rings. The van der Waals surface area contributed by atoms with Crippen molar-refractivity contribution in [1.82, 2.24) is 10.1 Å². The molecule has 8 nitrogen and oxygen atoms in total. The number of aryl methyl sites for hydroxylation is 1.